The largest absolute Gasteiger partial charge is 0.508 e. The number of hydrogen-bond donors (Lipinski definition) is 4. The summed E-state index contributed by atoms with van der Waals surface area (Å²) in [4.78, 5) is 62.6. The van der Waals surface area contributed by atoms with Crippen molar-refractivity contribution in [3.8, 4) is 28.1 Å². The zero-order valence-electron chi connectivity index (χ0n) is 37.4. The van der Waals surface area contributed by atoms with Gasteiger partial charge in [0.15, 0.2) is 0 Å². The molecule has 2 fully saturated rings. The minimum atomic E-state index is -1.12. The van der Waals surface area contributed by atoms with Gasteiger partial charge in [-0.3, -0.25) is 29.2 Å². The number of hydrazine groups is 1. The number of pyridine rings is 1. The number of ether oxygens (including phenoxy) is 2. The summed E-state index contributed by atoms with van der Waals surface area (Å²) in [7, 11) is 3.29. The van der Waals surface area contributed by atoms with Crippen molar-refractivity contribution in [3.63, 3.8) is 0 Å². The predicted octanol–water partition coefficient (Wildman–Crippen LogP) is 5.67. The molecule has 3 amide bonds. The van der Waals surface area contributed by atoms with Crippen molar-refractivity contribution in [1.82, 2.24) is 30.2 Å². The van der Waals surface area contributed by atoms with E-state index in [0.717, 1.165) is 51.0 Å². The number of nitrogens with zero attached hydrogens (tertiary/aromatic N) is 4. The zero-order valence-corrected chi connectivity index (χ0v) is 37.4. The third kappa shape index (κ3) is 8.95. The maximum Gasteiger partial charge on any atom is 0.324 e. The van der Waals surface area contributed by atoms with E-state index in [9.17, 15) is 24.3 Å². The number of phenolic OH excluding ortho intramolecular Hbond substituents is 1. The third-order valence-corrected chi connectivity index (χ3v) is 13.0. The Morgan fingerprint density at radius 3 is 2.55 bits per heavy atom. The van der Waals surface area contributed by atoms with Gasteiger partial charge in [0.25, 0.3) is 5.91 Å². The molecule has 6 bridgehead atoms. The van der Waals surface area contributed by atoms with Crippen molar-refractivity contribution in [2.45, 2.75) is 117 Å². The maximum absolute atomic E-state index is 14.6. The van der Waals surface area contributed by atoms with E-state index in [-0.39, 0.29) is 48.7 Å². The lowest BCUT2D eigenvalue weighted by atomic mass is 9.79. The molecule has 2 aromatic carbocycles. The lowest BCUT2D eigenvalue weighted by Gasteiger charge is -2.39. The van der Waals surface area contributed by atoms with Gasteiger partial charge in [-0.05, 0) is 111 Å². The maximum atomic E-state index is 14.6. The molecule has 4 aromatic rings. The van der Waals surface area contributed by atoms with E-state index in [4.69, 9.17) is 20.2 Å². The Labute approximate surface area is 364 Å². The topological polar surface area (TPSA) is 181 Å². The van der Waals surface area contributed by atoms with Crippen molar-refractivity contribution < 1.29 is 33.8 Å². The molecule has 1 saturated carbocycles. The first-order valence-corrected chi connectivity index (χ1v) is 22.0. The summed E-state index contributed by atoms with van der Waals surface area (Å²) >= 11 is 0. The Morgan fingerprint density at radius 2 is 1.87 bits per heavy atom. The average molecular weight is 850 g/mol. The number of aryl methyl sites for hydroxylation is 1. The molecule has 1 saturated heterocycles. The van der Waals surface area contributed by atoms with Crippen LogP contribution in [0.2, 0.25) is 0 Å². The second-order valence-corrected chi connectivity index (χ2v) is 18.5. The molecule has 62 heavy (non-hydrogen) atoms. The first kappa shape index (κ1) is 44.7. The molecule has 1 aliphatic carbocycles. The third-order valence-electron chi connectivity index (χ3n) is 13.0. The fourth-order valence-electron chi connectivity index (χ4n) is 9.48. The summed E-state index contributed by atoms with van der Waals surface area (Å²) in [6.45, 7) is 13.1. The number of carbonyl (C=O) groups excluding carboxylic acids is 4. The number of cyclic esters (lactones) is 1. The minimum Gasteiger partial charge on any atom is -0.508 e. The fourth-order valence-corrected chi connectivity index (χ4v) is 9.48. The standard InChI is InChI=1S/C48H63N7O7/c1-9-54-40-17-14-30-24-35(40)36(43(54)34-12-10-18-50-41(34)28(4)61-8)25-48(5,6)26-62-47(60)38-13-11-19-55(52-38)46(59)39(22-29-20-31(30)23-32(56)21-29)51-44(57)42(27(2)3)53(7)45(58)33-15-16-37(33)49/h10,12,14,17-18,20-21,23-24,27-28,33,37-39,42,52,56H,9,11,13,15-16,19,22,25-26,49H2,1-8H3,(H,51,57)/t28-,33-,37+,38-,39-,42-/m0/s1. The highest BCUT2D eigenvalue weighted by Gasteiger charge is 2.41. The van der Waals surface area contributed by atoms with Crippen LogP contribution in [0.5, 0.6) is 5.75 Å². The van der Waals surface area contributed by atoms with Crippen LogP contribution in [0.4, 0.5) is 0 Å². The molecule has 2 aromatic heterocycles. The van der Waals surface area contributed by atoms with E-state index in [1.54, 1.807) is 32.5 Å². The van der Waals surface area contributed by atoms with Crippen LogP contribution in [0, 0.1) is 17.3 Å². The van der Waals surface area contributed by atoms with E-state index in [1.807, 2.05) is 39.0 Å². The van der Waals surface area contributed by atoms with Crippen LogP contribution < -0.4 is 16.5 Å². The van der Waals surface area contributed by atoms with Gasteiger partial charge in [-0.25, -0.2) is 5.43 Å². The lowest BCUT2D eigenvalue weighted by molar-refractivity contribution is -0.155. The fraction of sp³-hybridized carbons (Fsp3) is 0.521. The van der Waals surface area contributed by atoms with Gasteiger partial charge in [-0.2, -0.15) is 0 Å². The van der Waals surface area contributed by atoms with Crippen LogP contribution in [0.1, 0.15) is 90.2 Å². The molecule has 332 valence electrons. The molecule has 7 rings (SSSR count). The van der Waals surface area contributed by atoms with Crippen molar-refractivity contribution in [3.05, 3.63) is 71.5 Å². The molecule has 6 atom stereocenters. The Bertz CT molecular complexity index is 2340. The number of aromatic hydroxyl groups is 1. The monoisotopic (exact) mass is 849 g/mol. The molecular weight excluding hydrogens is 787 g/mol. The highest BCUT2D eigenvalue weighted by molar-refractivity contribution is 5.96. The van der Waals surface area contributed by atoms with Crippen molar-refractivity contribution >= 4 is 34.6 Å². The molecule has 4 heterocycles. The van der Waals surface area contributed by atoms with E-state index in [2.05, 4.69) is 54.3 Å². The molecule has 3 aliphatic rings. The number of esters is 1. The quantitative estimate of drug-likeness (QED) is 0.153. The van der Waals surface area contributed by atoms with Gasteiger partial charge in [-0.1, -0.05) is 39.8 Å². The molecular formula is C48H63N7O7. The normalized spacial score (nSPS) is 22.6. The first-order valence-electron chi connectivity index (χ1n) is 22.0. The number of likely N-dealkylation sites (N-methyl/N-ethyl adjacent to an activating group) is 1. The second kappa shape index (κ2) is 18.2. The number of amides is 3. The van der Waals surface area contributed by atoms with Gasteiger partial charge in [0.1, 0.15) is 23.9 Å². The number of carbonyl (C=O) groups is 4. The van der Waals surface area contributed by atoms with Gasteiger partial charge in [0.2, 0.25) is 11.8 Å². The SMILES string of the molecule is CCn1c(-c2cccnc2[C@H](C)OC)c2c3cc(ccc31)-c1cc(O)cc(c1)C[C@H](NC(=O)[C@H](C(C)C)N(C)C(=O)[C@H]1CC[C@H]1N)C(=O)N1CCC[C@H](N1)C(=O)OCC(C)(C)C2. The lowest BCUT2D eigenvalue weighted by Crippen LogP contribution is -2.62. The summed E-state index contributed by atoms with van der Waals surface area (Å²) in [5.41, 5.74) is 15.8. The molecule has 2 aliphatic heterocycles. The average Bonchev–Trinajstić information content (AvgIpc) is 3.54. The van der Waals surface area contributed by atoms with Crippen LogP contribution in [-0.4, -0.2) is 99.7 Å². The Hall–Kier alpha value is -5.31. The Balaban J connectivity index is 1.35. The van der Waals surface area contributed by atoms with Gasteiger partial charge in [0.05, 0.1) is 30.0 Å². The van der Waals surface area contributed by atoms with Gasteiger partial charge < -0.3 is 35.1 Å². The van der Waals surface area contributed by atoms with E-state index in [0.29, 0.717) is 44.3 Å². The number of phenols is 1. The zero-order chi connectivity index (χ0) is 44.6. The predicted molar refractivity (Wildman–Crippen MR) is 237 cm³/mol. The molecule has 0 unspecified atom stereocenters. The number of aromatic nitrogens is 2. The van der Waals surface area contributed by atoms with Crippen molar-refractivity contribution in [1.29, 1.82) is 0 Å². The van der Waals surface area contributed by atoms with Crippen LogP contribution in [-0.2, 0) is 48.0 Å². The van der Waals surface area contributed by atoms with Gasteiger partial charge >= 0.3 is 5.97 Å². The molecule has 14 nitrogen and oxygen atoms in total. The minimum absolute atomic E-state index is 0.00684. The summed E-state index contributed by atoms with van der Waals surface area (Å²) in [5.74, 6) is -2.22. The number of nitrogens with one attached hydrogen (secondary N) is 2. The molecule has 14 heteroatoms. The molecule has 0 spiro atoms. The summed E-state index contributed by atoms with van der Waals surface area (Å²) in [6, 6.07) is 12.5. The molecule has 0 radical (unpaired) electrons. The van der Waals surface area contributed by atoms with Crippen molar-refractivity contribution in [2.75, 3.05) is 27.3 Å². The Morgan fingerprint density at radius 1 is 1.10 bits per heavy atom. The summed E-state index contributed by atoms with van der Waals surface area (Å²) in [6.07, 6.45) is 4.49. The number of nitrogens with two attached hydrogens (primary N) is 1. The van der Waals surface area contributed by atoms with E-state index in [1.165, 1.54) is 9.91 Å². The van der Waals surface area contributed by atoms with Crippen molar-refractivity contribution in [2.24, 2.45) is 23.0 Å². The summed E-state index contributed by atoms with van der Waals surface area (Å²) < 4.78 is 14.2. The highest BCUT2D eigenvalue weighted by atomic mass is 16.5. The second-order valence-electron chi connectivity index (χ2n) is 18.5. The number of fused-ring (bicyclic) bond motifs is 6. The number of rotatable bonds is 9. The van der Waals surface area contributed by atoms with E-state index >= 15 is 0 Å². The van der Waals surface area contributed by atoms with Crippen LogP contribution in [0.15, 0.2) is 54.7 Å². The van der Waals surface area contributed by atoms with Crippen LogP contribution in [0.25, 0.3) is 33.3 Å². The Kier molecular flexibility index (Phi) is 13.1. The van der Waals surface area contributed by atoms with E-state index < -0.39 is 41.3 Å². The number of methoxy groups -OCH3 is 1. The molecule has 5 N–H and O–H groups in total. The smallest absolute Gasteiger partial charge is 0.324 e. The summed E-state index contributed by atoms with van der Waals surface area (Å²) in [5, 5.41) is 16.7. The van der Waals surface area contributed by atoms with Gasteiger partial charge in [0, 0.05) is 67.8 Å². The highest BCUT2D eigenvalue weighted by Crippen LogP contribution is 2.42. The first-order chi connectivity index (χ1) is 29.5. The van der Waals surface area contributed by atoms with Crippen LogP contribution in [0.3, 0.4) is 0 Å². The number of hydrogen-bond acceptors (Lipinski definition) is 10. The number of benzene rings is 2. The van der Waals surface area contributed by atoms with Crippen LogP contribution >= 0.6 is 0 Å². The van der Waals surface area contributed by atoms with Gasteiger partial charge in [-0.15, -0.1) is 0 Å².